The maximum Gasteiger partial charge on any atom is 0.254 e. The molecule has 0 fully saturated rings. The van der Waals surface area contributed by atoms with Crippen LogP contribution in [-0.2, 0) is 13.0 Å². The van der Waals surface area contributed by atoms with Crippen LogP contribution in [0.5, 0.6) is 0 Å². The molecule has 3 nitrogen and oxygen atoms in total. The Hall–Kier alpha value is -2.53. The molecule has 24 heavy (non-hydrogen) atoms. The van der Waals surface area contributed by atoms with Gasteiger partial charge in [-0.15, -0.1) is 11.3 Å². The predicted molar refractivity (Wildman–Crippen MR) is 92.4 cm³/mol. The molecule has 0 bridgehead atoms. The number of fused-ring (bicyclic) bond motifs is 1. The van der Waals surface area contributed by atoms with E-state index in [9.17, 15) is 9.18 Å². The van der Waals surface area contributed by atoms with Gasteiger partial charge in [0.05, 0.1) is 12.2 Å². The van der Waals surface area contributed by atoms with Crippen LogP contribution in [0.2, 0.25) is 0 Å². The molecule has 0 aliphatic carbocycles. The Balaban J connectivity index is 1.59. The van der Waals surface area contributed by atoms with Crippen LogP contribution in [0.25, 0.3) is 10.6 Å². The van der Waals surface area contributed by atoms with E-state index in [1.807, 2.05) is 41.3 Å². The number of carbonyl (C=O) groups excluding carboxylic acids is 1. The van der Waals surface area contributed by atoms with Crippen molar-refractivity contribution >= 4 is 17.2 Å². The summed E-state index contributed by atoms with van der Waals surface area (Å²) in [5.74, 6) is -0.219. The van der Waals surface area contributed by atoms with Crippen molar-refractivity contribution in [2.24, 2.45) is 0 Å². The molecule has 0 atom stereocenters. The van der Waals surface area contributed by atoms with Gasteiger partial charge in [-0.3, -0.25) is 4.79 Å². The highest BCUT2D eigenvalue weighted by Crippen LogP contribution is 2.32. The highest BCUT2D eigenvalue weighted by atomic mass is 32.1. The Morgan fingerprint density at radius 1 is 1.12 bits per heavy atom. The van der Waals surface area contributed by atoms with Gasteiger partial charge < -0.3 is 4.90 Å². The first-order chi connectivity index (χ1) is 11.7. The number of nitrogens with zero attached hydrogens (tertiary/aromatic N) is 2. The van der Waals surface area contributed by atoms with Crippen molar-refractivity contribution in [3.63, 3.8) is 0 Å². The second-order valence-corrected chi connectivity index (χ2v) is 6.83. The molecule has 1 aliphatic heterocycles. The number of benzene rings is 2. The number of thiazole rings is 1. The fourth-order valence-electron chi connectivity index (χ4n) is 2.88. The molecule has 120 valence electrons. The molecule has 0 saturated carbocycles. The summed E-state index contributed by atoms with van der Waals surface area (Å²) in [6, 6.07) is 15.8. The van der Waals surface area contributed by atoms with Crippen LogP contribution in [0.1, 0.15) is 20.9 Å². The van der Waals surface area contributed by atoms with E-state index in [4.69, 9.17) is 0 Å². The summed E-state index contributed by atoms with van der Waals surface area (Å²) in [6.45, 7) is 1.23. The molecular weight excluding hydrogens is 323 g/mol. The van der Waals surface area contributed by atoms with E-state index in [2.05, 4.69) is 4.98 Å². The van der Waals surface area contributed by atoms with E-state index < -0.39 is 0 Å². The van der Waals surface area contributed by atoms with Crippen molar-refractivity contribution in [1.29, 1.82) is 0 Å². The topological polar surface area (TPSA) is 33.2 Å². The predicted octanol–water partition coefficient (Wildman–Crippen LogP) is 4.15. The molecule has 1 amide bonds. The molecule has 0 unspecified atom stereocenters. The molecule has 1 aromatic heterocycles. The zero-order chi connectivity index (χ0) is 16.5. The Morgan fingerprint density at radius 3 is 2.75 bits per heavy atom. The van der Waals surface area contributed by atoms with Gasteiger partial charge in [-0.2, -0.15) is 0 Å². The van der Waals surface area contributed by atoms with E-state index in [0.717, 1.165) is 27.6 Å². The summed E-state index contributed by atoms with van der Waals surface area (Å²) in [5, 5.41) is 0.813. The normalized spacial score (nSPS) is 13.6. The molecule has 0 N–H and O–H groups in total. The maximum absolute atomic E-state index is 13.4. The molecule has 0 radical (unpaired) electrons. The molecule has 4 rings (SSSR count). The van der Waals surface area contributed by atoms with Gasteiger partial charge in [0.1, 0.15) is 10.8 Å². The summed E-state index contributed by atoms with van der Waals surface area (Å²) in [4.78, 5) is 20.2. The lowest BCUT2D eigenvalue weighted by molar-refractivity contribution is 0.0736. The van der Waals surface area contributed by atoms with Crippen molar-refractivity contribution in [3.05, 3.63) is 76.5 Å². The van der Waals surface area contributed by atoms with Gasteiger partial charge in [-0.1, -0.05) is 30.3 Å². The molecule has 0 saturated heterocycles. The minimum Gasteiger partial charge on any atom is -0.333 e. The van der Waals surface area contributed by atoms with Gasteiger partial charge in [0, 0.05) is 29.0 Å². The highest BCUT2D eigenvalue weighted by molar-refractivity contribution is 7.15. The Labute approximate surface area is 143 Å². The Kier molecular flexibility index (Phi) is 3.86. The van der Waals surface area contributed by atoms with Crippen LogP contribution in [0.15, 0.2) is 54.6 Å². The number of hydrogen-bond acceptors (Lipinski definition) is 3. The fraction of sp³-hybridized carbons (Fsp3) is 0.158. The summed E-state index contributed by atoms with van der Waals surface area (Å²) < 4.78 is 13.4. The number of amides is 1. The van der Waals surface area contributed by atoms with E-state index in [0.29, 0.717) is 18.7 Å². The van der Waals surface area contributed by atoms with Gasteiger partial charge >= 0.3 is 0 Å². The Morgan fingerprint density at radius 2 is 1.96 bits per heavy atom. The minimum atomic E-state index is -0.262. The molecule has 3 aromatic rings. The second-order valence-electron chi connectivity index (χ2n) is 5.74. The van der Waals surface area contributed by atoms with Crippen molar-refractivity contribution in [2.75, 3.05) is 6.54 Å². The first kappa shape index (κ1) is 15.0. The van der Waals surface area contributed by atoms with Gasteiger partial charge in [0.2, 0.25) is 0 Å². The quantitative estimate of drug-likeness (QED) is 0.703. The summed E-state index contributed by atoms with van der Waals surface area (Å²) >= 11 is 1.54. The smallest absolute Gasteiger partial charge is 0.254 e. The van der Waals surface area contributed by atoms with Gasteiger partial charge in [0.25, 0.3) is 5.91 Å². The first-order valence-electron chi connectivity index (χ1n) is 7.79. The molecule has 5 heteroatoms. The van der Waals surface area contributed by atoms with Crippen molar-refractivity contribution in [2.45, 2.75) is 13.0 Å². The summed E-state index contributed by atoms with van der Waals surface area (Å²) in [6.07, 6.45) is 0.736. The lowest BCUT2D eigenvalue weighted by Gasteiger charge is -2.26. The highest BCUT2D eigenvalue weighted by Gasteiger charge is 2.25. The lowest BCUT2D eigenvalue weighted by Crippen LogP contribution is -2.35. The molecule has 2 aromatic carbocycles. The third-order valence-corrected chi connectivity index (χ3v) is 5.24. The van der Waals surface area contributed by atoms with Crippen molar-refractivity contribution < 1.29 is 9.18 Å². The summed E-state index contributed by atoms with van der Waals surface area (Å²) in [7, 11) is 0. The van der Waals surface area contributed by atoms with Gasteiger partial charge in [-0.25, -0.2) is 9.37 Å². The van der Waals surface area contributed by atoms with Crippen LogP contribution in [-0.4, -0.2) is 22.3 Å². The van der Waals surface area contributed by atoms with E-state index in [1.165, 1.54) is 12.1 Å². The van der Waals surface area contributed by atoms with Crippen molar-refractivity contribution in [3.8, 4) is 10.6 Å². The number of aromatic nitrogens is 1. The van der Waals surface area contributed by atoms with Crippen LogP contribution in [0, 0.1) is 5.82 Å². The van der Waals surface area contributed by atoms with Crippen molar-refractivity contribution in [1.82, 2.24) is 9.88 Å². The average Bonchev–Trinajstić information content (AvgIpc) is 3.05. The van der Waals surface area contributed by atoms with Crippen LogP contribution >= 0.6 is 11.3 Å². The minimum absolute atomic E-state index is 0.0435. The molecular formula is C19H15FN2OS. The second kappa shape index (κ2) is 6.17. The SMILES string of the molecule is O=C(c1ccccc1)N1CCc2nc(-c3cccc(F)c3)sc2C1. The third kappa shape index (κ3) is 2.83. The maximum atomic E-state index is 13.4. The van der Waals surface area contributed by atoms with E-state index in [1.54, 1.807) is 17.4 Å². The molecule has 0 spiro atoms. The van der Waals surface area contributed by atoms with Gasteiger partial charge in [-0.05, 0) is 24.3 Å². The van der Waals surface area contributed by atoms with E-state index >= 15 is 0 Å². The largest absolute Gasteiger partial charge is 0.333 e. The van der Waals surface area contributed by atoms with Gasteiger partial charge in [0.15, 0.2) is 0 Å². The number of rotatable bonds is 2. The average molecular weight is 338 g/mol. The van der Waals surface area contributed by atoms with Crippen LogP contribution < -0.4 is 0 Å². The first-order valence-corrected chi connectivity index (χ1v) is 8.61. The molecule has 2 heterocycles. The van der Waals surface area contributed by atoms with Crippen LogP contribution in [0.4, 0.5) is 4.39 Å². The monoisotopic (exact) mass is 338 g/mol. The number of carbonyl (C=O) groups is 1. The van der Waals surface area contributed by atoms with E-state index in [-0.39, 0.29) is 11.7 Å². The lowest BCUT2D eigenvalue weighted by atomic mass is 10.1. The number of hydrogen-bond donors (Lipinski definition) is 0. The fourth-order valence-corrected chi connectivity index (χ4v) is 4.00. The zero-order valence-corrected chi connectivity index (χ0v) is 13.7. The zero-order valence-electron chi connectivity index (χ0n) is 12.9. The standard InChI is InChI=1S/C19H15FN2OS/c20-15-8-4-7-14(11-15)18-21-16-9-10-22(12-17(16)24-18)19(23)13-5-2-1-3-6-13/h1-8,11H,9-10,12H2. The Bertz CT molecular complexity index is 891. The summed E-state index contributed by atoms with van der Waals surface area (Å²) in [5.41, 5.74) is 2.52. The third-order valence-electron chi connectivity index (χ3n) is 4.11. The molecule has 1 aliphatic rings. The van der Waals surface area contributed by atoms with Crippen LogP contribution in [0.3, 0.4) is 0 Å². The number of halogens is 1.